The van der Waals surface area contributed by atoms with Gasteiger partial charge in [0.25, 0.3) is 5.69 Å². The van der Waals surface area contributed by atoms with Gasteiger partial charge in [0, 0.05) is 18.7 Å². The van der Waals surface area contributed by atoms with E-state index in [2.05, 4.69) is 10.6 Å². The van der Waals surface area contributed by atoms with Crippen molar-refractivity contribution in [2.24, 2.45) is 0 Å². The number of alkyl halides is 3. The van der Waals surface area contributed by atoms with Crippen LogP contribution >= 0.6 is 0 Å². The molecule has 0 aliphatic heterocycles. The Labute approximate surface area is 168 Å². The summed E-state index contributed by atoms with van der Waals surface area (Å²) in [5.41, 5.74) is -1.11. The van der Waals surface area contributed by atoms with Crippen LogP contribution in [0.25, 0.3) is 0 Å². The van der Waals surface area contributed by atoms with E-state index in [0.29, 0.717) is 0 Å². The van der Waals surface area contributed by atoms with Gasteiger partial charge in [0.1, 0.15) is 24.2 Å². The number of halogens is 3. The highest BCUT2D eigenvalue weighted by Crippen LogP contribution is 2.31. The third-order valence-electron chi connectivity index (χ3n) is 3.74. The lowest BCUT2D eigenvalue weighted by Gasteiger charge is -2.15. The van der Waals surface area contributed by atoms with Crippen molar-refractivity contribution in [3.05, 3.63) is 58.1 Å². The van der Waals surface area contributed by atoms with E-state index in [-0.39, 0.29) is 36.0 Å². The highest BCUT2D eigenvalue weighted by atomic mass is 19.4. The number of ether oxygens (including phenoxy) is 2. The fourth-order valence-corrected chi connectivity index (χ4v) is 2.30. The quantitative estimate of drug-likeness (QED) is 0.438. The Morgan fingerprint density at radius 2 is 2.00 bits per heavy atom. The number of amides is 2. The molecule has 2 rings (SSSR count). The highest BCUT2D eigenvalue weighted by Gasteiger charge is 2.30. The lowest BCUT2D eigenvalue weighted by atomic mass is 10.2. The number of benzene rings is 2. The first-order valence-electron chi connectivity index (χ1n) is 8.45. The van der Waals surface area contributed by atoms with Gasteiger partial charge in [-0.2, -0.15) is 13.2 Å². The number of anilines is 1. The number of aliphatic hydroxyl groups excluding tert-OH is 1. The number of hydrogen-bond acceptors (Lipinski definition) is 6. The second kappa shape index (κ2) is 9.78. The number of hydrogen-bond donors (Lipinski definition) is 3. The van der Waals surface area contributed by atoms with E-state index in [1.165, 1.54) is 31.4 Å². The lowest BCUT2D eigenvalue weighted by Crippen LogP contribution is -2.37. The van der Waals surface area contributed by atoms with Crippen molar-refractivity contribution in [2.75, 3.05) is 25.6 Å². The van der Waals surface area contributed by atoms with Crippen LogP contribution in [0.5, 0.6) is 11.5 Å². The predicted molar refractivity (Wildman–Crippen MR) is 99.6 cm³/mol. The average molecular weight is 429 g/mol. The third kappa shape index (κ3) is 6.51. The Balaban J connectivity index is 1.87. The van der Waals surface area contributed by atoms with Gasteiger partial charge in [-0.15, -0.1) is 0 Å². The minimum Gasteiger partial charge on any atom is -0.495 e. The molecule has 0 saturated heterocycles. The van der Waals surface area contributed by atoms with Crippen molar-refractivity contribution >= 4 is 17.4 Å². The first-order chi connectivity index (χ1) is 14.1. The van der Waals surface area contributed by atoms with Gasteiger partial charge >= 0.3 is 12.2 Å². The van der Waals surface area contributed by atoms with Gasteiger partial charge in [-0.05, 0) is 24.3 Å². The minimum atomic E-state index is -4.52. The Kier molecular flexibility index (Phi) is 7.42. The zero-order valence-corrected chi connectivity index (χ0v) is 15.6. The molecule has 1 atom stereocenters. The van der Waals surface area contributed by atoms with Crippen LogP contribution in [0.15, 0.2) is 42.5 Å². The van der Waals surface area contributed by atoms with Crippen LogP contribution in [-0.2, 0) is 6.18 Å². The first-order valence-corrected chi connectivity index (χ1v) is 8.45. The smallest absolute Gasteiger partial charge is 0.416 e. The number of nitro groups is 1. The number of urea groups is 1. The lowest BCUT2D eigenvalue weighted by molar-refractivity contribution is -0.384. The summed E-state index contributed by atoms with van der Waals surface area (Å²) < 4.78 is 48.1. The summed E-state index contributed by atoms with van der Waals surface area (Å²) in [4.78, 5) is 22.2. The predicted octanol–water partition coefficient (Wildman–Crippen LogP) is 3.18. The summed E-state index contributed by atoms with van der Waals surface area (Å²) in [6, 6.07) is 6.98. The van der Waals surface area contributed by atoms with Crippen molar-refractivity contribution in [2.45, 2.75) is 12.3 Å². The van der Waals surface area contributed by atoms with Gasteiger partial charge in [-0.25, -0.2) is 4.79 Å². The van der Waals surface area contributed by atoms with E-state index >= 15 is 0 Å². The molecule has 0 heterocycles. The molecule has 9 nitrogen and oxygen atoms in total. The molecule has 12 heteroatoms. The van der Waals surface area contributed by atoms with Crippen LogP contribution in [0, 0.1) is 10.1 Å². The van der Waals surface area contributed by atoms with Crippen molar-refractivity contribution in [1.82, 2.24) is 5.32 Å². The largest absolute Gasteiger partial charge is 0.495 e. The van der Waals surface area contributed by atoms with Crippen molar-refractivity contribution in [3.63, 3.8) is 0 Å². The van der Waals surface area contributed by atoms with E-state index < -0.39 is 28.8 Å². The van der Waals surface area contributed by atoms with E-state index in [1.54, 1.807) is 0 Å². The normalized spacial score (nSPS) is 12.0. The zero-order valence-electron chi connectivity index (χ0n) is 15.6. The van der Waals surface area contributed by atoms with Crippen LogP contribution in [0.1, 0.15) is 5.56 Å². The van der Waals surface area contributed by atoms with Crippen LogP contribution in [0.4, 0.5) is 29.3 Å². The van der Waals surface area contributed by atoms with Crippen LogP contribution in [-0.4, -0.2) is 42.4 Å². The second-order valence-corrected chi connectivity index (χ2v) is 5.97. The Hall–Kier alpha value is -3.54. The van der Waals surface area contributed by atoms with Gasteiger partial charge in [-0.1, -0.05) is 6.07 Å². The zero-order chi connectivity index (χ0) is 22.3. The molecular formula is C18H18F3N3O6. The van der Waals surface area contributed by atoms with E-state index in [0.717, 1.165) is 18.2 Å². The molecule has 0 fully saturated rings. The summed E-state index contributed by atoms with van der Waals surface area (Å²) in [6.07, 6.45) is -5.75. The number of non-ortho nitro benzene ring substituents is 1. The van der Waals surface area contributed by atoms with E-state index in [1.807, 2.05) is 0 Å². The maximum absolute atomic E-state index is 12.7. The maximum Gasteiger partial charge on any atom is 0.416 e. The van der Waals surface area contributed by atoms with Crippen molar-refractivity contribution in [1.29, 1.82) is 0 Å². The summed E-state index contributed by atoms with van der Waals surface area (Å²) >= 11 is 0. The van der Waals surface area contributed by atoms with Crippen molar-refractivity contribution < 1.29 is 37.5 Å². The van der Waals surface area contributed by atoms with Crippen LogP contribution in [0.3, 0.4) is 0 Å². The molecule has 3 N–H and O–H groups in total. The van der Waals surface area contributed by atoms with Crippen LogP contribution in [0.2, 0.25) is 0 Å². The van der Waals surface area contributed by atoms with Gasteiger partial charge in [0.05, 0.1) is 23.3 Å². The number of rotatable bonds is 8. The van der Waals surface area contributed by atoms with Crippen molar-refractivity contribution in [3.8, 4) is 11.5 Å². The van der Waals surface area contributed by atoms with Gasteiger partial charge in [0.2, 0.25) is 0 Å². The molecule has 162 valence electrons. The molecule has 0 saturated carbocycles. The molecule has 0 spiro atoms. The summed E-state index contributed by atoms with van der Waals surface area (Å²) in [6.45, 7) is -0.663. The Bertz CT molecular complexity index is 907. The summed E-state index contributed by atoms with van der Waals surface area (Å²) in [7, 11) is 1.32. The Morgan fingerprint density at radius 3 is 2.63 bits per heavy atom. The average Bonchev–Trinajstić information content (AvgIpc) is 2.70. The standard InChI is InChI=1S/C18H18F3N3O6/c1-29-16-6-5-12(24(27)28)8-15(16)23-17(26)22-9-13(25)10-30-14-4-2-3-11(7-14)18(19,20)21/h2-8,13,25H,9-10H2,1H3,(H2,22,23,26)/t13-/m0/s1. The van der Waals surface area contributed by atoms with Gasteiger partial charge < -0.3 is 25.2 Å². The molecule has 0 aromatic heterocycles. The minimum absolute atomic E-state index is 0.0407. The SMILES string of the molecule is COc1ccc([N+](=O)[O-])cc1NC(=O)NC[C@H](O)COc1cccc(C(F)(F)F)c1. The number of nitro benzene ring substituents is 1. The molecule has 2 amide bonds. The number of methoxy groups -OCH3 is 1. The van der Waals surface area contributed by atoms with Gasteiger partial charge in [0.15, 0.2) is 0 Å². The molecule has 0 radical (unpaired) electrons. The topological polar surface area (TPSA) is 123 Å². The van der Waals surface area contributed by atoms with Gasteiger partial charge in [-0.3, -0.25) is 10.1 Å². The fourth-order valence-electron chi connectivity index (χ4n) is 2.30. The Morgan fingerprint density at radius 1 is 1.27 bits per heavy atom. The highest BCUT2D eigenvalue weighted by molar-refractivity contribution is 5.91. The first kappa shape index (κ1) is 22.7. The third-order valence-corrected chi connectivity index (χ3v) is 3.74. The molecule has 30 heavy (non-hydrogen) atoms. The van der Waals surface area contributed by atoms with E-state index in [9.17, 15) is 33.2 Å². The number of nitrogens with one attached hydrogen (secondary N) is 2. The monoisotopic (exact) mass is 429 g/mol. The number of carbonyl (C=O) groups excluding carboxylic acids is 1. The maximum atomic E-state index is 12.7. The number of aliphatic hydroxyl groups is 1. The fraction of sp³-hybridized carbons (Fsp3) is 0.278. The summed E-state index contributed by atoms with van der Waals surface area (Å²) in [5, 5.41) is 25.4. The molecule has 2 aromatic rings. The van der Waals surface area contributed by atoms with E-state index in [4.69, 9.17) is 9.47 Å². The molecule has 0 aliphatic carbocycles. The molecule has 0 bridgehead atoms. The second-order valence-electron chi connectivity index (χ2n) is 5.97. The number of nitrogens with zero attached hydrogens (tertiary/aromatic N) is 1. The summed E-state index contributed by atoms with van der Waals surface area (Å²) in [5.74, 6) is 0.0961. The molecule has 2 aromatic carbocycles. The molecule has 0 unspecified atom stereocenters. The molecular weight excluding hydrogens is 411 g/mol. The molecule has 0 aliphatic rings. The number of carbonyl (C=O) groups is 1. The van der Waals surface area contributed by atoms with Crippen LogP contribution < -0.4 is 20.1 Å².